The predicted octanol–water partition coefficient (Wildman–Crippen LogP) is 4.15. The van der Waals surface area contributed by atoms with Gasteiger partial charge in [0.1, 0.15) is 6.61 Å². The lowest BCUT2D eigenvalue weighted by molar-refractivity contribution is 0.139. The predicted molar refractivity (Wildman–Crippen MR) is 73.8 cm³/mol. The molecule has 0 bridgehead atoms. The molecule has 100 valence electrons. The number of hydrogen-bond donors (Lipinski definition) is 1. The Morgan fingerprint density at radius 1 is 1.28 bits per heavy atom. The van der Waals surface area contributed by atoms with Crippen LogP contribution in [0.1, 0.15) is 38.2 Å². The standard InChI is InChI=1S/C14H20ClNO2/c1-2-3-4-7-10-16-14(17)18-11-12-8-5-6-9-13(12)15/h5-6,8-9H,2-4,7,10-11H2,1H3,(H,16,17). The van der Waals surface area contributed by atoms with Crippen LogP contribution in [0.3, 0.4) is 0 Å². The minimum atomic E-state index is -0.383. The van der Waals surface area contributed by atoms with Gasteiger partial charge in [-0.05, 0) is 12.5 Å². The highest BCUT2D eigenvalue weighted by atomic mass is 35.5. The second-order valence-corrected chi connectivity index (χ2v) is 4.56. The molecular formula is C14H20ClNO2. The van der Waals surface area contributed by atoms with Crippen molar-refractivity contribution in [1.82, 2.24) is 5.32 Å². The van der Waals surface area contributed by atoms with E-state index >= 15 is 0 Å². The number of alkyl carbamates (subject to hydrolysis) is 1. The molecule has 0 radical (unpaired) electrons. The number of carbonyl (C=O) groups excluding carboxylic acids is 1. The second-order valence-electron chi connectivity index (χ2n) is 4.15. The van der Waals surface area contributed by atoms with Crippen molar-refractivity contribution in [3.63, 3.8) is 0 Å². The van der Waals surface area contributed by atoms with Crippen molar-refractivity contribution in [2.24, 2.45) is 0 Å². The van der Waals surface area contributed by atoms with Crippen molar-refractivity contribution >= 4 is 17.7 Å². The van der Waals surface area contributed by atoms with Crippen LogP contribution < -0.4 is 5.32 Å². The maximum atomic E-state index is 11.4. The van der Waals surface area contributed by atoms with Crippen molar-refractivity contribution in [2.75, 3.05) is 6.54 Å². The Labute approximate surface area is 113 Å². The Hall–Kier alpha value is -1.22. The van der Waals surface area contributed by atoms with Crippen LogP contribution in [0.5, 0.6) is 0 Å². The molecule has 0 saturated heterocycles. The number of nitrogens with one attached hydrogen (secondary N) is 1. The highest BCUT2D eigenvalue weighted by molar-refractivity contribution is 6.31. The molecule has 0 spiro atoms. The van der Waals surface area contributed by atoms with Crippen molar-refractivity contribution in [1.29, 1.82) is 0 Å². The van der Waals surface area contributed by atoms with Crippen LogP contribution in [0, 0.1) is 0 Å². The third-order valence-electron chi connectivity index (χ3n) is 2.62. The van der Waals surface area contributed by atoms with Gasteiger partial charge in [0.2, 0.25) is 0 Å². The average molecular weight is 270 g/mol. The van der Waals surface area contributed by atoms with E-state index in [1.807, 2.05) is 18.2 Å². The first-order valence-corrected chi connectivity index (χ1v) is 6.76. The SMILES string of the molecule is CCCCCCNC(=O)OCc1ccccc1Cl. The number of halogens is 1. The number of unbranched alkanes of at least 4 members (excludes halogenated alkanes) is 3. The van der Waals surface area contributed by atoms with E-state index in [9.17, 15) is 4.79 Å². The van der Waals surface area contributed by atoms with E-state index in [-0.39, 0.29) is 12.7 Å². The summed E-state index contributed by atoms with van der Waals surface area (Å²) in [6.45, 7) is 3.03. The van der Waals surface area contributed by atoms with Gasteiger partial charge in [-0.25, -0.2) is 4.79 Å². The molecule has 4 heteroatoms. The van der Waals surface area contributed by atoms with Crippen LogP contribution in [0.25, 0.3) is 0 Å². The monoisotopic (exact) mass is 269 g/mol. The van der Waals surface area contributed by atoms with Gasteiger partial charge in [0.05, 0.1) is 0 Å². The van der Waals surface area contributed by atoms with E-state index in [1.54, 1.807) is 6.07 Å². The van der Waals surface area contributed by atoms with E-state index in [2.05, 4.69) is 12.2 Å². The fraction of sp³-hybridized carbons (Fsp3) is 0.500. The maximum absolute atomic E-state index is 11.4. The molecule has 0 fully saturated rings. The van der Waals surface area contributed by atoms with Gasteiger partial charge in [-0.15, -0.1) is 0 Å². The smallest absolute Gasteiger partial charge is 0.407 e. The Bertz CT molecular complexity index is 369. The summed E-state index contributed by atoms with van der Waals surface area (Å²) < 4.78 is 5.08. The third kappa shape index (κ3) is 5.92. The zero-order valence-corrected chi connectivity index (χ0v) is 11.5. The maximum Gasteiger partial charge on any atom is 0.407 e. The molecule has 0 unspecified atom stereocenters. The zero-order valence-electron chi connectivity index (χ0n) is 10.7. The van der Waals surface area contributed by atoms with Crippen molar-refractivity contribution in [3.05, 3.63) is 34.9 Å². The number of rotatable bonds is 7. The van der Waals surface area contributed by atoms with E-state index in [4.69, 9.17) is 16.3 Å². The van der Waals surface area contributed by atoms with Crippen LogP contribution >= 0.6 is 11.6 Å². The number of benzene rings is 1. The molecule has 0 heterocycles. The molecule has 1 aromatic rings. The molecule has 1 N–H and O–H groups in total. The Kier molecular flexibility index (Phi) is 7.26. The van der Waals surface area contributed by atoms with E-state index in [1.165, 1.54) is 12.8 Å². The Balaban J connectivity index is 2.15. The van der Waals surface area contributed by atoms with Gasteiger partial charge >= 0.3 is 6.09 Å². The summed E-state index contributed by atoms with van der Waals surface area (Å²) in [7, 11) is 0. The molecule has 0 atom stereocenters. The lowest BCUT2D eigenvalue weighted by atomic mass is 10.2. The largest absolute Gasteiger partial charge is 0.445 e. The van der Waals surface area contributed by atoms with Gasteiger partial charge in [0.15, 0.2) is 0 Å². The third-order valence-corrected chi connectivity index (χ3v) is 2.98. The van der Waals surface area contributed by atoms with E-state index in [0.29, 0.717) is 11.6 Å². The highest BCUT2D eigenvalue weighted by Crippen LogP contribution is 2.15. The minimum Gasteiger partial charge on any atom is -0.445 e. The normalized spacial score (nSPS) is 10.1. The number of amides is 1. The summed E-state index contributed by atoms with van der Waals surface area (Å²) >= 11 is 5.96. The summed E-state index contributed by atoms with van der Waals surface area (Å²) in [6.07, 6.45) is 4.15. The molecule has 0 aliphatic heterocycles. The second kappa shape index (κ2) is 8.81. The van der Waals surface area contributed by atoms with Crippen LogP contribution in [0.2, 0.25) is 5.02 Å². The topological polar surface area (TPSA) is 38.3 Å². The number of ether oxygens (including phenoxy) is 1. The van der Waals surface area contributed by atoms with Crippen LogP contribution in [-0.2, 0) is 11.3 Å². The molecular weight excluding hydrogens is 250 g/mol. The van der Waals surface area contributed by atoms with Crippen molar-refractivity contribution < 1.29 is 9.53 Å². The van der Waals surface area contributed by atoms with Gasteiger partial charge in [-0.2, -0.15) is 0 Å². The molecule has 0 aliphatic carbocycles. The summed E-state index contributed by atoms with van der Waals surface area (Å²) in [5.74, 6) is 0. The van der Waals surface area contributed by atoms with Gasteiger partial charge in [-0.3, -0.25) is 0 Å². The molecule has 1 rings (SSSR count). The Morgan fingerprint density at radius 3 is 2.78 bits per heavy atom. The average Bonchev–Trinajstić information content (AvgIpc) is 2.37. The Morgan fingerprint density at radius 2 is 2.06 bits per heavy atom. The van der Waals surface area contributed by atoms with Crippen molar-refractivity contribution in [2.45, 2.75) is 39.2 Å². The highest BCUT2D eigenvalue weighted by Gasteiger charge is 2.04. The molecule has 18 heavy (non-hydrogen) atoms. The number of hydrogen-bond acceptors (Lipinski definition) is 2. The quantitative estimate of drug-likeness (QED) is 0.755. The molecule has 1 amide bonds. The molecule has 1 aromatic carbocycles. The van der Waals surface area contributed by atoms with E-state index < -0.39 is 0 Å². The van der Waals surface area contributed by atoms with Gasteiger partial charge < -0.3 is 10.1 Å². The van der Waals surface area contributed by atoms with Crippen molar-refractivity contribution in [3.8, 4) is 0 Å². The molecule has 0 aromatic heterocycles. The minimum absolute atomic E-state index is 0.209. The lowest BCUT2D eigenvalue weighted by Crippen LogP contribution is -2.25. The summed E-state index contributed by atoms with van der Waals surface area (Å²) in [5, 5.41) is 3.35. The van der Waals surface area contributed by atoms with Gasteiger partial charge in [-0.1, -0.05) is 56.0 Å². The van der Waals surface area contributed by atoms with Gasteiger partial charge in [0.25, 0.3) is 0 Å². The first-order chi connectivity index (χ1) is 8.74. The summed E-state index contributed by atoms with van der Waals surface area (Å²) in [6, 6.07) is 7.34. The van der Waals surface area contributed by atoms with Crippen LogP contribution in [0.4, 0.5) is 4.79 Å². The van der Waals surface area contributed by atoms with Gasteiger partial charge in [0, 0.05) is 17.1 Å². The first kappa shape index (κ1) is 14.8. The molecule has 0 aliphatic rings. The van der Waals surface area contributed by atoms with Crippen LogP contribution in [0.15, 0.2) is 24.3 Å². The fourth-order valence-electron chi connectivity index (χ4n) is 1.55. The summed E-state index contributed by atoms with van der Waals surface area (Å²) in [4.78, 5) is 11.4. The fourth-order valence-corrected chi connectivity index (χ4v) is 1.74. The molecule has 3 nitrogen and oxygen atoms in total. The summed E-state index contributed by atoms with van der Waals surface area (Å²) in [5.41, 5.74) is 0.820. The zero-order chi connectivity index (χ0) is 13.2. The van der Waals surface area contributed by atoms with Crippen LogP contribution in [-0.4, -0.2) is 12.6 Å². The first-order valence-electron chi connectivity index (χ1n) is 6.38. The number of carbonyl (C=O) groups is 1. The molecule has 0 saturated carbocycles. The van der Waals surface area contributed by atoms with E-state index in [0.717, 1.165) is 18.4 Å². The lowest BCUT2D eigenvalue weighted by Gasteiger charge is -2.07.